The third-order valence-corrected chi connectivity index (χ3v) is 7.43. The van der Waals surface area contributed by atoms with E-state index in [0.29, 0.717) is 32.3 Å². The van der Waals surface area contributed by atoms with Gasteiger partial charge in [0.25, 0.3) is 0 Å². The number of fused-ring (bicyclic) bond motifs is 3. The van der Waals surface area contributed by atoms with Gasteiger partial charge in [-0.25, -0.2) is 0 Å². The molecule has 31 heavy (non-hydrogen) atoms. The quantitative estimate of drug-likeness (QED) is 0.477. The van der Waals surface area contributed by atoms with Gasteiger partial charge in [0.1, 0.15) is 5.60 Å². The maximum atomic E-state index is 6.60. The van der Waals surface area contributed by atoms with Crippen LogP contribution in [0, 0.1) is 5.92 Å². The molecule has 5 rings (SSSR count). The minimum absolute atomic E-state index is 0.00254. The Kier molecular flexibility index (Phi) is 8.29. The van der Waals surface area contributed by atoms with Gasteiger partial charge in [-0.2, -0.15) is 0 Å². The van der Waals surface area contributed by atoms with E-state index in [0.717, 1.165) is 51.7 Å². The summed E-state index contributed by atoms with van der Waals surface area (Å²) in [5.74, 6) is 0.412. The SMILES string of the molecule is CC1(C)OC2(C)C(OCCOC3CCCCO3)CC1CC2OCCOC1CCCCO1. The largest absolute Gasteiger partial charge is 0.373 e. The summed E-state index contributed by atoms with van der Waals surface area (Å²) in [6, 6.07) is 0. The third-order valence-electron chi connectivity index (χ3n) is 7.43. The molecule has 0 aromatic heterocycles. The summed E-state index contributed by atoms with van der Waals surface area (Å²) in [6.07, 6.45) is 8.41. The van der Waals surface area contributed by atoms with Crippen molar-refractivity contribution in [1.29, 1.82) is 0 Å². The van der Waals surface area contributed by atoms with Gasteiger partial charge >= 0.3 is 0 Å². The lowest BCUT2D eigenvalue weighted by molar-refractivity contribution is -0.328. The molecule has 0 amide bonds. The van der Waals surface area contributed by atoms with Crippen molar-refractivity contribution in [2.75, 3.05) is 39.6 Å². The van der Waals surface area contributed by atoms with E-state index < -0.39 is 5.60 Å². The lowest BCUT2D eigenvalue weighted by Gasteiger charge is -2.60. The maximum absolute atomic E-state index is 6.60. The number of hydrogen-bond acceptors (Lipinski definition) is 7. The van der Waals surface area contributed by atoms with E-state index in [1.165, 1.54) is 12.8 Å². The Morgan fingerprint density at radius 2 is 1.16 bits per heavy atom. The van der Waals surface area contributed by atoms with Crippen molar-refractivity contribution in [3.8, 4) is 0 Å². The Morgan fingerprint density at radius 3 is 1.61 bits per heavy atom. The molecule has 4 unspecified atom stereocenters. The fourth-order valence-corrected chi connectivity index (χ4v) is 5.53. The van der Waals surface area contributed by atoms with E-state index in [1.807, 2.05) is 0 Å². The molecule has 0 aromatic rings. The second-order valence-electron chi connectivity index (χ2n) is 10.1. The molecule has 4 heterocycles. The van der Waals surface area contributed by atoms with Crippen LogP contribution >= 0.6 is 0 Å². The fraction of sp³-hybridized carbons (Fsp3) is 1.00. The van der Waals surface area contributed by atoms with Gasteiger partial charge in [0.2, 0.25) is 0 Å². The van der Waals surface area contributed by atoms with Crippen molar-refractivity contribution < 1.29 is 33.2 Å². The van der Waals surface area contributed by atoms with Crippen LogP contribution in [-0.2, 0) is 33.2 Å². The van der Waals surface area contributed by atoms with Crippen molar-refractivity contribution in [3.63, 3.8) is 0 Å². The number of ether oxygens (including phenoxy) is 7. The van der Waals surface area contributed by atoms with Crippen LogP contribution in [-0.4, -0.2) is 75.6 Å². The minimum atomic E-state index is -0.471. The second kappa shape index (κ2) is 10.8. The van der Waals surface area contributed by atoms with Gasteiger partial charge in [-0.15, -0.1) is 0 Å². The normalized spacial score (nSPS) is 40.2. The van der Waals surface area contributed by atoms with Gasteiger partial charge in [-0.1, -0.05) is 0 Å². The maximum Gasteiger partial charge on any atom is 0.157 e. The molecule has 5 fully saturated rings. The molecule has 4 atom stereocenters. The molecule has 4 aliphatic heterocycles. The molecule has 0 spiro atoms. The summed E-state index contributed by atoms with van der Waals surface area (Å²) in [4.78, 5) is 0. The highest BCUT2D eigenvalue weighted by Gasteiger charge is 2.60. The summed E-state index contributed by atoms with van der Waals surface area (Å²) in [7, 11) is 0. The first-order valence-electron chi connectivity index (χ1n) is 12.4. The molecular weight excluding hydrogens is 400 g/mol. The van der Waals surface area contributed by atoms with Crippen LogP contribution in [0.5, 0.6) is 0 Å². The van der Waals surface area contributed by atoms with Crippen molar-refractivity contribution in [2.45, 2.75) is 108 Å². The summed E-state index contributed by atoms with van der Waals surface area (Å²) in [5, 5.41) is 0. The second-order valence-corrected chi connectivity index (χ2v) is 10.1. The molecule has 0 N–H and O–H groups in total. The van der Waals surface area contributed by atoms with Gasteiger partial charge in [0.05, 0.1) is 44.2 Å². The molecule has 5 aliphatic rings. The number of rotatable bonds is 10. The van der Waals surface area contributed by atoms with Gasteiger partial charge in [0.15, 0.2) is 12.6 Å². The highest BCUT2D eigenvalue weighted by Crippen LogP contribution is 2.51. The van der Waals surface area contributed by atoms with Crippen LogP contribution in [0.25, 0.3) is 0 Å². The van der Waals surface area contributed by atoms with E-state index in [1.54, 1.807) is 0 Å². The first kappa shape index (κ1) is 23.9. The van der Waals surface area contributed by atoms with Crippen molar-refractivity contribution >= 4 is 0 Å². The molecule has 7 nitrogen and oxygen atoms in total. The van der Waals surface area contributed by atoms with Gasteiger partial charge in [0, 0.05) is 13.2 Å². The Bertz CT molecular complexity index is 506. The fourth-order valence-electron chi connectivity index (χ4n) is 5.53. The van der Waals surface area contributed by atoms with Crippen LogP contribution in [0.1, 0.15) is 72.1 Å². The van der Waals surface area contributed by atoms with Crippen LogP contribution in [0.15, 0.2) is 0 Å². The topological polar surface area (TPSA) is 64.6 Å². The van der Waals surface area contributed by atoms with Crippen LogP contribution in [0.4, 0.5) is 0 Å². The predicted octanol–water partition coefficient (Wildman–Crippen LogP) is 3.82. The Morgan fingerprint density at radius 1 is 0.677 bits per heavy atom. The monoisotopic (exact) mass is 442 g/mol. The van der Waals surface area contributed by atoms with Crippen molar-refractivity contribution in [2.24, 2.45) is 5.92 Å². The standard InChI is InChI=1S/C24H42O7/c1-23(2)18-16-19(25-12-14-29-21-8-4-6-10-27-21)24(3,31-23)20(17-18)26-13-15-30-22-9-5-7-11-28-22/h18-22H,4-17H2,1-3H3. The van der Waals surface area contributed by atoms with Crippen molar-refractivity contribution in [3.05, 3.63) is 0 Å². The highest BCUT2D eigenvalue weighted by molar-refractivity contribution is 5.09. The average molecular weight is 443 g/mol. The molecule has 2 bridgehead atoms. The van der Waals surface area contributed by atoms with Crippen LogP contribution < -0.4 is 0 Å². The van der Waals surface area contributed by atoms with Gasteiger partial charge in [-0.05, 0) is 78.1 Å². The summed E-state index contributed by atoms with van der Waals surface area (Å²) in [5.41, 5.74) is -0.631. The van der Waals surface area contributed by atoms with Gasteiger partial charge < -0.3 is 33.2 Å². The Hall–Kier alpha value is -0.280. The zero-order valence-electron chi connectivity index (χ0n) is 19.6. The first-order valence-corrected chi connectivity index (χ1v) is 12.4. The molecule has 4 saturated heterocycles. The van der Waals surface area contributed by atoms with Gasteiger partial charge in [-0.3, -0.25) is 0 Å². The van der Waals surface area contributed by atoms with Crippen LogP contribution in [0.2, 0.25) is 0 Å². The highest BCUT2D eigenvalue weighted by atomic mass is 16.7. The molecule has 1 saturated carbocycles. The molecule has 0 aromatic carbocycles. The van der Waals surface area contributed by atoms with E-state index in [9.17, 15) is 0 Å². The zero-order valence-corrected chi connectivity index (χ0v) is 19.6. The van der Waals surface area contributed by atoms with Crippen LogP contribution in [0.3, 0.4) is 0 Å². The predicted molar refractivity (Wildman–Crippen MR) is 115 cm³/mol. The van der Waals surface area contributed by atoms with E-state index in [2.05, 4.69) is 20.8 Å². The number of hydrogen-bond donors (Lipinski definition) is 0. The smallest absolute Gasteiger partial charge is 0.157 e. The lowest BCUT2D eigenvalue weighted by atomic mass is 9.65. The molecule has 7 heteroatoms. The minimum Gasteiger partial charge on any atom is -0.373 e. The molecular formula is C24H42O7. The summed E-state index contributed by atoms with van der Waals surface area (Å²) < 4.78 is 42.2. The zero-order chi connectivity index (χ0) is 21.7. The Balaban J connectivity index is 1.23. The van der Waals surface area contributed by atoms with E-state index in [-0.39, 0.29) is 30.4 Å². The van der Waals surface area contributed by atoms with E-state index >= 15 is 0 Å². The van der Waals surface area contributed by atoms with E-state index in [4.69, 9.17) is 33.2 Å². The average Bonchev–Trinajstić information content (AvgIpc) is 2.76. The summed E-state index contributed by atoms with van der Waals surface area (Å²) >= 11 is 0. The molecule has 1 aliphatic carbocycles. The molecule has 0 radical (unpaired) electrons. The first-order chi connectivity index (χ1) is 15.0. The van der Waals surface area contributed by atoms with Crippen molar-refractivity contribution in [1.82, 2.24) is 0 Å². The summed E-state index contributed by atoms with van der Waals surface area (Å²) in [6.45, 7) is 10.3. The lowest BCUT2D eigenvalue weighted by Crippen LogP contribution is -2.69. The molecule has 180 valence electrons. The third kappa shape index (κ3) is 5.99. The Labute approximate surface area is 187 Å².